The van der Waals surface area contributed by atoms with Gasteiger partial charge in [0.25, 0.3) is 0 Å². The molecule has 90 valence electrons. The Morgan fingerprint density at radius 3 is 2.82 bits per heavy atom. The number of aromatic nitrogens is 2. The minimum atomic E-state index is 0.0867. The number of ether oxygens (including phenoxy) is 1. The third-order valence-corrected chi connectivity index (χ3v) is 2.84. The predicted molar refractivity (Wildman–Crippen MR) is 67.2 cm³/mol. The van der Waals surface area contributed by atoms with E-state index >= 15 is 0 Å². The lowest BCUT2D eigenvalue weighted by molar-refractivity contribution is 0.405. The molecule has 2 N–H and O–H groups in total. The molecule has 2 aromatic rings. The van der Waals surface area contributed by atoms with Gasteiger partial charge in [-0.25, -0.2) is 0 Å². The minimum Gasteiger partial charge on any atom is -0.496 e. The maximum Gasteiger partial charge on any atom is 0.124 e. The average Bonchev–Trinajstić information content (AvgIpc) is 2.84. The topological polar surface area (TPSA) is 49.9 Å². The largest absolute Gasteiger partial charge is 0.496 e. The quantitative estimate of drug-likeness (QED) is 0.846. The zero-order valence-corrected chi connectivity index (χ0v) is 10.3. The van der Waals surface area contributed by atoms with Gasteiger partial charge in [-0.05, 0) is 20.0 Å². The van der Waals surface area contributed by atoms with Crippen LogP contribution in [0.5, 0.6) is 5.75 Å². The van der Waals surface area contributed by atoms with Gasteiger partial charge >= 0.3 is 0 Å². The molecule has 2 rings (SSSR count). The highest BCUT2D eigenvalue weighted by molar-refractivity contribution is 5.42. The first-order valence-electron chi connectivity index (χ1n) is 5.56. The number of aryl methyl sites for hydroxylation is 1. The van der Waals surface area contributed by atoms with Crippen LogP contribution in [0.15, 0.2) is 30.6 Å². The first-order valence-corrected chi connectivity index (χ1v) is 5.56. The van der Waals surface area contributed by atoms with Crippen LogP contribution in [0.3, 0.4) is 0 Å². The van der Waals surface area contributed by atoms with Crippen LogP contribution in [0.2, 0.25) is 0 Å². The number of rotatable bonds is 4. The zero-order valence-electron chi connectivity index (χ0n) is 10.3. The molecule has 0 saturated heterocycles. The number of nitrogens with one attached hydrogen (secondary N) is 2. The normalized spacial score (nSPS) is 12.4. The van der Waals surface area contributed by atoms with Gasteiger partial charge in [0.1, 0.15) is 5.75 Å². The van der Waals surface area contributed by atoms with E-state index in [4.69, 9.17) is 4.74 Å². The van der Waals surface area contributed by atoms with Crippen molar-refractivity contribution in [3.63, 3.8) is 0 Å². The summed E-state index contributed by atoms with van der Waals surface area (Å²) in [5, 5.41) is 10.1. The molecule has 0 saturated carbocycles. The highest BCUT2D eigenvalue weighted by Crippen LogP contribution is 2.30. The Balaban J connectivity index is 2.46. The predicted octanol–water partition coefficient (Wildman–Crippen LogP) is 2.04. The first kappa shape index (κ1) is 11.7. The Bertz CT molecular complexity index is 479. The van der Waals surface area contributed by atoms with E-state index in [0.717, 1.165) is 16.9 Å². The van der Waals surface area contributed by atoms with Gasteiger partial charge in [0, 0.05) is 17.3 Å². The monoisotopic (exact) mass is 231 g/mol. The highest BCUT2D eigenvalue weighted by atomic mass is 16.5. The third kappa shape index (κ3) is 2.31. The van der Waals surface area contributed by atoms with Crippen molar-refractivity contribution in [3.8, 4) is 5.75 Å². The average molecular weight is 231 g/mol. The molecule has 1 unspecified atom stereocenters. The Morgan fingerprint density at radius 2 is 2.24 bits per heavy atom. The molecule has 0 amide bonds. The second-order valence-corrected chi connectivity index (χ2v) is 4.00. The summed E-state index contributed by atoms with van der Waals surface area (Å²) in [6.07, 6.45) is 3.71. The minimum absolute atomic E-state index is 0.0867. The van der Waals surface area contributed by atoms with E-state index in [0.29, 0.717) is 0 Å². The molecule has 0 aliphatic heterocycles. The molecule has 1 aromatic carbocycles. The van der Waals surface area contributed by atoms with Gasteiger partial charge < -0.3 is 10.1 Å². The van der Waals surface area contributed by atoms with Gasteiger partial charge in [0.2, 0.25) is 0 Å². The molecule has 0 radical (unpaired) electrons. The molecular weight excluding hydrogens is 214 g/mol. The summed E-state index contributed by atoms with van der Waals surface area (Å²) in [6, 6.07) is 6.26. The van der Waals surface area contributed by atoms with E-state index in [2.05, 4.69) is 28.5 Å². The first-order chi connectivity index (χ1) is 8.26. The van der Waals surface area contributed by atoms with Crippen LogP contribution in [-0.4, -0.2) is 24.4 Å². The van der Waals surface area contributed by atoms with E-state index in [1.807, 2.05) is 31.6 Å². The van der Waals surface area contributed by atoms with Crippen LogP contribution < -0.4 is 10.1 Å². The number of hydrogen-bond acceptors (Lipinski definition) is 3. The fraction of sp³-hybridized carbons (Fsp3) is 0.308. The zero-order chi connectivity index (χ0) is 12.3. The summed E-state index contributed by atoms with van der Waals surface area (Å²) in [5.74, 6) is 0.885. The molecule has 0 bridgehead atoms. The second kappa shape index (κ2) is 5.01. The SMILES string of the molecule is CNC(c1cn[nH]c1)c1cc(C)ccc1OC. The summed E-state index contributed by atoms with van der Waals surface area (Å²) < 4.78 is 5.41. The molecule has 1 heterocycles. The lowest BCUT2D eigenvalue weighted by Gasteiger charge is -2.18. The molecule has 17 heavy (non-hydrogen) atoms. The maximum atomic E-state index is 5.41. The van der Waals surface area contributed by atoms with Crippen LogP contribution in [0.4, 0.5) is 0 Å². The van der Waals surface area contributed by atoms with Gasteiger partial charge in [-0.3, -0.25) is 5.10 Å². The van der Waals surface area contributed by atoms with Crippen LogP contribution in [0.25, 0.3) is 0 Å². The summed E-state index contributed by atoms with van der Waals surface area (Å²) >= 11 is 0. The lowest BCUT2D eigenvalue weighted by atomic mass is 9.99. The summed E-state index contributed by atoms with van der Waals surface area (Å²) in [5.41, 5.74) is 3.43. The van der Waals surface area contributed by atoms with Gasteiger partial charge in [-0.1, -0.05) is 17.7 Å². The van der Waals surface area contributed by atoms with Crippen molar-refractivity contribution in [2.45, 2.75) is 13.0 Å². The molecule has 4 nitrogen and oxygen atoms in total. The van der Waals surface area contributed by atoms with Crippen LogP contribution >= 0.6 is 0 Å². The number of aromatic amines is 1. The van der Waals surface area contributed by atoms with Gasteiger partial charge in [0.05, 0.1) is 19.3 Å². The Hall–Kier alpha value is -1.81. The molecule has 0 aliphatic carbocycles. The van der Waals surface area contributed by atoms with Crippen molar-refractivity contribution in [2.24, 2.45) is 0 Å². The van der Waals surface area contributed by atoms with E-state index in [1.54, 1.807) is 7.11 Å². The molecule has 1 atom stereocenters. The summed E-state index contributed by atoms with van der Waals surface area (Å²) in [7, 11) is 3.62. The summed E-state index contributed by atoms with van der Waals surface area (Å²) in [4.78, 5) is 0. The van der Waals surface area contributed by atoms with Crippen LogP contribution in [0, 0.1) is 6.92 Å². The fourth-order valence-electron chi connectivity index (χ4n) is 2.00. The molecule has 1 aromatic heterocycles. The van der Waals surface area contributed by atoms with Crippen LogP contribution in [-0.2, 0) is 0 Å². The summed E-state index contributed by atoms with van der Waals surface area (Å²) in [6.45, 7) is 2.07. The van der Waals surface area contributed by atoms with Crippen molar-refractivity contribution in [2.75, 3.05) is 14.2 Å². The maximum absolute atomic E-state index is 5.41. The smallest absolute Gasteiger partial charge is 0.124 e. The molecule has 0 fully saturated rings. The van der Waals surface area contributed by atoms with Crippen molar-refractivity contribution < 1.29 is 4.74 Å². The van der Waals surface area contributed by atoms with Gasteiger partial charge in [0.15, 0.2) is 0 Å². The van der Waals surface area contributed by atoms with E-state index in [9.17, 15) is 0 Å². The van der Waals surface area contributed by atoms with Crippen molar-refractivity contribution in [1.29, 1.82) is 0 Å². The Morgan fingerprint density at radius 1 is 1.41 bits per heavy atom. The Kier molecular flexibility index (Phi) is 3.44. The lowest BCUT2D eigenvalue weighted by Crippen LogP contribution is -2.18. The number of methoxy groups -OCH3 is 1. The van der Waals surface area contributed by atoms with E-state index in [-0.39, 0.29) is 6.04 Å². The van der Waals surface area contributed by atoms with E-state index in [1.165, 1.54) is 5.56 Å². The number of nitrogens with zero attached hydrogens (tertiary/aromatic N) is 1. The highest BCUT2D eigenvalue weighted by Gasteiger charge is 2.17. The van der Waals surface area contributed by atoms with Crippen molar-refractivity contribution in [1.82, 2.24) is 15.5 Å². The number of H-pyrrole nitrogens is 1. The van der Waals surface area contributed by atoms with Crippen molar-refractivity contribution in [3.05, 3.63) is 47.3 Å². The van der Waals surface area contributed by atoms with Gasteiger partial charge in [-0.2, -0.15) is 5.10 Å². The van der Waals surface area contributed by atoms with Crippen molar-refractivity contribution >= 4 is 0 Å². The number of hydrogen-bond donors (Lipinski definition) is 2. The van der Waals surface area contributed by atoms with Gasteiger partial charge in [-0.15, -0.1) is 0 Å². The molecular formula is C13H17N3O. The van der Waals surface area contributed by atoms with Crippen LogP contribution in [0.1, 0.15) is 22.7 Å². The Labute approximate surface area is 101 Å². The molecule has 4 heteroatoms. The standard InChI is InChI=1S/C13H17N3O/c1-9-4-5-12(17-3)11(6-9)13(14-2)10-7-15-16-8-10/h4-8,13-14H,1-3H3,(H,15,16). The molecule has 0 spiro atoms. The fourth-order valence-corrected chi connectivity index (χ4v) is 2.00. The van der Waals surface area contributed by atoms with E-state index < -0.39 is 0 Å². The number of benzene rings is 1. The third-order valence-electron chi connectivity index (χ3n) is 2.84. The second-order valence-electron chi connectivity index (χ2n) is 4.00. The molecule has 0 aliphatic rings.